The number of rotatable bonds is 7. The normalized spacial score (nSPS) is 12.8. The van der Waals surface area contributed by atoms with Gasteiger partial charge in [-0.15, -0.1) is 0 Å². The molecule has 0 spiro atoms. The van der Waals surface area contributed by atoms with Gasteiger partial charge in [-0.05, 0) is 44.0 Å². The molecule has 0 saturated heterocycles. The first kappa shape index (κ1) is 13.0. The fourth-order valence-electron chi connectivity index (χ4n) is 1.78. The van der Waals surface area contributed by atoms with E-state index in [-0.39, 0.29) is 0 Å². The summed E-state index contributed by atoms with van der Waals surface area (Å²) in [7, 11) is 2.01. The molecule has 1 aromatic carbocycles. The van der Waals surface area contributed by atoms with E-state index < -0.39 is 0 Å². The molecule has 0 fully saturated rings. The van der Waals surface area contributed by atoms with Gasteiger partial charge in [-0.2, -0.15) is 0 Å². The number of benzene rings is 1. The molecule has 1 N–H and O–H groups in total. The van der Waals surface area contributed by atoms with Crippen LogP contribution >= 0.6 is 0 Å². The van der Waals surface area contributed by atoms with Crippen LogP contribution in [0.4, 0.5) is 0 Å². The fraction of sp³-hybridized carbons (Fsp3) is 0.571. The molecule has 2 nitrogen and oxygen atoms in total. The Morgan fingerprint density at radius 3 is 2.44 bits per heavy atom. The SMILES string of the molecule is CNCC(CCOc1ccccc1)C(C)C. The number of para-hydroxylation sites is 1. The Bertz CT molecular complexity index is 271. The van der Waals surface area contributed by atoms with Crippen molar-refractivity contribution in [2.45, 2.75) is 20.3 Å². The van der Waals surface area contributed by atoms with Gasteiger partial charge in [-0.1, -0.05) is 32.0 Å². The molecule has 0 aromatic heterocycles. The van der Waals surface area contributed by atoms with Gasteiger partial charge in [-0.25, -0.2) is 0 Å². The van der Waals surface area contributed by atoms with Crippen molar-refractivity contribution in [3.8, 4) is 5.75 Å². The Morgan fingerprint density at radius 2 is 1.88 bits per heavy atom. The van der Waals surface area contributed by atoms with E-state index in [0.29, 0.717) is 11.8 Å². The zero-order valence-electron chi connectivity index (χ0n) is 10.6. The summed E-state index contributed by atoms with van der Waals surface area (Å²) >= 11 is 0. The lowest BCUT2D eigenvalue weighted by Crippen LogP contribution is -2.24. The third kappa shape index (κ3) is 4.67. The standard InChI is InChI=1S/C14H23NO/c1-12(2)13(11-15-3)9-10-16-14-7-5-4-6-8-14/h4-8,12-13,15H,9-11H2,1-3H3. The molecule has 0 bridgehead atoms. The van der Waals surface area contributed by atoms with Gasteiger partial charge in [-0.3, -0.25) is 0 Å². The Labute approximate surface area is 99.0 Å². The summed E-state index contributed by atoms with van der Waals surface area (Å²) in [6, 6.07) is 10.0. The van der Waals surface area contributed by atoms with Crippen LogP contribution in [0.15, 0.2) is 30.3 Å². The molecular weight excluding hydrogens is 198 g/mol. The van der Waals surface area contributed by atoms with Gasteiger partial charge in [0.1, 0.15) is 5.75 Å². The quantitative estimate of drug-likeness (QED) is 0.764. The first-order valence-corrected chi connectivity index (χ1v) is 6.06. The molecule has 1 rings (SSSR count). The predicted octanol–water partition coefficient (Wildman–Crippen LogP) is 2.95. The maximum Gasteiger partial charge on any atom is 0.119 e. The smallest absolute Gasteiger partial charge is 0.119 e. The van der Waals surface area contributed by atoms with Crippen LogP contribution in [0.25, 0.3) is 0 Å². The molecule has 0 saturated carbocycles. The van der Waals surface area contributed by atoms with Crippen molar-refractivity contribution < 1.29 is 4.74 Å². The third-order valence-electron chi connectivity index (χ3n) is 2.91. The number of hydrogen-bond donors (Lipinski definition) is 1. The van der Waals surface area contributed by atoms with Gasteiger partial charge in [0.2, 0.25) is 0 Å². The maximum absolute atomic E-state index is 5.71. The molecule has 0 amide bonds. The minimum atomic E-state index is 0.689. The van der Waals surface area contributed by atoms with Crippen LogP contribution in [-0.4, -0.2) is 20.2 Å². The van der Waals surface area contributed by atoms with Gasteiger partial charge >= 0.3 is 0 Å². The van der Waals surface area contributed by atoms with Crippen LogP contribution < -0.4 is 10.1 Å². The molecule has 1 aromatic rings. The minimum absolute atomic E-state index is 0.689. The average Bonchev–Trinajstić information content (AvgIpc) is 2.29. The van der Waals surface area contributed by atoms with E-state index in [0.717, 1.165) is 25.3 Å². The topological polar surface area (TPSA) is 21.3 Å². The van der Waals surface area contributed by atoms with Crippen molar-refractivity contribution in [1.29, 1.82) is 0 Å². The lowest BCUT2D eigenvalue weighted by Gasteiger charge is -2.20. The highest BCUT2D eigenvalue weighted by atomic mass is 16.5. The zero-order valence-corrected chi connectivity index (χ0v) is 10.6. The van der Waals surface area contributed by atoms with Crippen molar-refractivity contribution in [3.63, 3.8) is 0 Å². The van der Waals surface area contributed by atoms with Gasteiger partial charge < -0.3 is 10.1 Å². The van der Waals surface area contributed by atoms with Crippen LogP contribution in [0.3, 0.4) is 0 Å². The van der Waals surface area contributed by atoms with Gasteiger partial charge in [0.15, 0.2) is 0 Å². The first-order valence-electron chi connectivity index (χ1n) is 6.06. The van der Waals surface area contributed by atoms with E-state index in [4.69, 9.17) is 4.74 Å². The molecule has 0 aliphatic rings. The second-order valence-corrected chi connectivity index (χ2v) is 4.51. The largest absolute Gasteiger partial charge is 0.494 e. The predicted molar refractivity (Wildman–Crippen MR) is 68.8 cm³/mol. The molecule has 0 aliphatic heterocycles. The van der Waals surface area contributed by atoms with Crippen LogP contribution in [0.1, 0.15) is 20.3 Å². The second kappa shape index (κ2) is 7.29. The van der Waals surface area contributed by atoms with Crippen LogP contribution in [0, 0.1) is 11.8 Å². The molecule has 2 heteroatoms. The van der Waals surface area contributed by atoms with E-state index in [9.17, 15) is 0 Å². The first-order chi connectivity index (χ1) is 7.74. The minimum Gasteiger partial charge on any atom is -0.494 e. The highest BCUT2D eigenvalue weighted by molar-refractivity contribution is 5.20. The van der Waals surface area contributed by atoms with Crippen molar-refractivity contribution in [1.82, 2.24) is 5.32 Å². The number of ether oxygens (including phenoxy) is 1. The summed E-state index contributed by atoms with van der Waals surface area (Å²) < 4.78 is 5.71. The molecule has 0 aliphatic carbocycles. The summed E-state index contributed by atoms with van der Waals surface area (Å²) in [6.07, 6.45) is 1.10. The second-order valence-electron chi connectivity index (χ2n) is 4.51. The van der Waals surface area contributed by atoms with Gasteiger partial charge in [0, 0.05) is 0 Å². The van der Waals surface area contributed by atoms with Crippen LogP contribution in [-0.2, 0) is 0 Å². The summed E-state index contributed by atoms with van der Waals surface area (Å²) in [5.74, 6) is 2.36. The maximum atomic E-state index is 5.71. The zero-order chi connectivity index (χ0) is 11.8. The lowest BCUT2D eigenvalue weighted by atomic mass is 9.93. The molecular formula is C14H23NO. The molecule has 16 heavy (non-hydrogen) atoms. The Hall–Kier alpha value is -1.02. The number of hydrogen-bond acceptors (Lipinski definition) is 2. The van der Waals surface area contributed by atoms with Gasteiger partial charge in [0.05, 0.1) is 6.61 Å². The van der Waals surface area contributed by atoms with Gasteiger partial charge in [0.25, 0.3) is 0 Å². The highest BCUT2D eigenvalue weighted by Gasteiger charge is 2.12. The van der Waals surface area contributed by atoms with Crippen LogP contribution in [0.2, 0.25) is 0 Å². The van der Waals surface area contributed by atoms with Crippen molar-refractivity contribution >= 4 is 0 Å². The summed E-state index contributed by atoms with van der Waals surface area (Å²) in [5.41, 5.74) is 0. The average molecular weight is 221 g/mol. The van der Waals surface area contributed by atoms with E-state index in [1.807, 2.05) is 37.4 Å². The van der Waals surface area contributed by atoms with E-state index in [1.54, 1.807) is 0 Å². The van der Waals surface area contributed by atoms with Crippen molar-refractivity contribution in [3.05, 3.63) is 30.3 Å². The van der Waals surface area contributed by atoms with E-state index >= 15 is 0 Å². The Kier molecular flexibility index (Phi) is 5.94. The highest BCUT2D eigenvalue weighted by Crippen LogP contribution is 2.15. The lowest BCUT2D eigenvalue weighted by molar-refractivity contribution is 0.246. The molecule has 0 heterocycles. The fourth-order valence-corrected chi connectivity index (χ4v) is 1.78. The van der Waals surface area contributed by atoms with E-state index in [1.165, 1.54) is 0 Å². The monoisotopic (exact) mass is 221 g/mol. The number of nitrogens with one attached hydrogen (secondary N) is 1. The molecule has 1 unspecified atom stereocenters. The molecule has 90 valence electrons. The van der Waals surface area contributed by atoms with Crippen LogP contribution in [0.5, 0.6) is 5.75 Å². The Balaban J connectivity index is 2.28. The van der Waals surface area contributed by atoms with Crippen molar-refractivity contribution in [2.24, 2.45) is 11.8 Å². The third-order valence-corrected chi connectivity index (χ3v) is 2.91. The molecule has 1 atom stereocenters. The summed E-state index contributed by atoms with van der Waals surface area (Å²) in [4.78, 5) is 0. The Morgan fingerprint density at radius 1 is 1.19 bits per heavy atom. The van der Waals surface area contributed by atoms with E-state index in [2.05, 4.69) is 19.2 Å². The summed E-state index contributed by atoms with van der Waals surface area (Å²) in [5, 5.41) is 3.24. The summed E-state index contributed by atoms with van der Waals surface area (Å²) in [6.45, 7) is 6.40. The molecule has 0 radical (unpaired) electrons. The van der Waals surface area contributed by atoms with Crippen molar-refractivity contribution in [2.75, 3.05) is 20.2 Å².